The fourth-order valence-corrected chi connectivity index (χ4v) is 0. The molecule has 0 aliphatic carbocycles. The average molecular weight is 135 g/mol. The first kappa shape index (κ1) is 15.8. The van der Waals surface area contributed by atoms with Gasteiger partial charge in [0.15, 0.2) is 0 Å². The second kappa shape index (κ2) is 9.32. The molecular formula is ClNaO3Si-2. The van der Waals surface area contributed by atoms with E-state index in [2.05, 4.69) is 0 Å². The van der Waals surface area contributed by atoms with Gasteiger partial charge >= 0.3 is 29.6 Å². The molecule has 0 saturated heterocycles. The van der Waals surface area contributed by atoms with Gasteiger partial charge in [-0.3, -0.25) is 0 Å². The van der Waals surface area contributed by atoms with E-state index in [4.69, 9.17) is 14.1 Å². The van der Waals surface area contributed by atoms with Crippen LogP contribution in [0.1, 0.15) is 0 Å². The van der Waals surface area contributed by atoms with Crippen LogP contribution in [0.2, 0.25) is 0 Å². The van der Waals surface area contributed by atoms with Crippen LogP contribution in [0, 0.1) is 0 Å². The van der Waals surface area contributed by atoms with Crippen molar-refractivity contribution in [3.05, 3.63) is 0 Å². The molecule has 0 atom stereocenters. The van der Waals surface area contributed by atoms with E-state index < -0.39 is 9.17 Å². The normalized spacial score (nSPS) is 4.00. The molecule has 0 radical (unpaired) electrons. The maximum atomic E-state index is 8.52. The summed E-state index contributed by atoms with van der Waals surface area (Å²) in [5.41, 5.74) is 0. The summed E-state index contributed by atoms with van der Waals surface area (Å²) in [4.78, 5) is 17.0. The Hall–Kier alpha value is 0.907. The van der Waals surface area contributed by atoms with Crippen molar-refractivity contribution in [1.82, 2.24) is 0 Å². The van der Waals surface area contributed by atoms with Gasteiger partial charge in [-0.05, 0) is 0 Å². The maximum Gasteiger partial charge on any atom is 1.00 e. The second-order valence-corrected chi connectivity index (χ2v) is 0.750. The molecule has 0 aliphatic rings. The van der Waals surface area contributed by atoms with E-state index >= 15 is 0 Å². The minimum atomic E-state index is -3.63. The van der Waals surface area contributed by atoms with Crippen LogP contribution in [0.3, 0.4) is 0 Å². The standard InChI is InChI=1S/ClH.Na.O3Si/c;;1-4(2)3/h1H;;/q;+1;-2/p-1. The van der Waals surface area contributed by atoms with Crippen LogP contribution in [-0.4, -0.2) is 9.17 Å². The molecule has 0 aromatic heterocycles. The van der Waals surface area contributed by atoms with Gasteiger partial charge in [-0.15, -0.1) is 0 Å². The monoisotopic (exact) mass is 134 g/mol. The summed E-state index contributed by atoms with van der Waals surface area (Å²) in [5, 5.41) is 0. The third kappa shape index (κ3) is 91.1. The van der Waals surface area contributed by atoms with Crippen molar-refractivity contribution in [3.8, 4) is 0 Å². The molecule has 0 amide bonds. The first-order chi connectivity index (χ1) is 1.73. The van der Waals surface area contributed by atoms with Gasteiger partial charge in [0.25, 0.3) is 0 Å². The minimum Gasteiger partial charge on any atom is -1.00 e. The summed E-state index contributed by atoms with van der Waals surface area (Å²) in [6, 6.07) is 0. The fraction of sp³-hybridized carbons (Fsp3) is 0. The van der Waals surface area contributed by atoms with Crippen molar-refractivity contribution in [2.24, 2.45) is 0 Å². The van der Waals surface area contributed by atoms with E-state index in [9.17, 15) is 0 Å². The molecule has 0 aromatic carbocycles. The van der Waals surface area contributed by atoms with Crippen LogP contribution in [-0.2, 0) is 4.46 Å². The first-order valence-electron chi connectivity index (χ1n) is 0.612. The molecule has 0 rings (SSSR count). The zero-order chi connectivity index (χ0) is 3.58. The minimum absolute atomic E-state index is 0. The Morgan fingerprint density at radius 3 is 1.33 bits per heavy atom. The summed E-state index contributed by atoms with van der Waals surface area (Å²) in [5.74, 6) is 0. The van der Waals surface area contributed by atoms with E-state index in [1.807, 2.05) is 0 Å². The first-order valence-corrected chi connectivity index (χ1v) is 1.84. The van der Waals surface area contributed by atoms with Crippen molar-refractivity contribution < 1.29 is 56.0 Å². The maximum absolute atomic E-state index is 8.52. The molecule has 0 heterocycles. The van der Waals surface area contributed by atoms with Crippen molar-refractivity contribution in [2.75, 3.05) is 0 Å². The quantitative estimate of drug-likeness (QED) is 0.309. The van der Waals surface area contributed by atoms with E-state index in [0.717, 1.165) is 0 Å². The van der Waals surface area contributed by atoms with Gasteiger partial charge in [-0.1, -0.05) is 0 Å². The van der Waals surface area contributed by atoms with Crippen LogP contribution >= 0.6 is 0 Å². The van der Waals surface area contributed by atoms with Gasteiger partial charge in [-0.2, -0.15) is 0 Å². The molecule has 6 heteroatoms. The molecule has 0 fully saturated rings. The average Bonchev–Trinajstić information content (AvgIpc) is 0.811. The van der Waals surface area contributed by atoms with Crippen molar-refractivity contribution in [3.63, 3.8) is 0 Å². The summed E-state index contributed by atoms with van der Waals surface area (Å²) in [7, 11) is -3.63. The van der Waals surface area contributed by atoms with Crippen LogP contribution in [0.5, 0.6) is 0 Å². The second-order valence-electron chi connectivity index (χ2n) is 0.250. The molecule has 32 valence electrons. The van der Waals surface area contributed by atoms with Gasteiger partial charge in [0, 0.05) is 9.17 Å². The Bertz CT molecular complexity index is 33.8. The zero-order valence-electron chi connectivity index (χ0n) is 3.10. The van der Waals surface area contributed by atoms with Gasteiger partial charge in [0.2, 0.25) is 0 Å². The summed E-state index contributed by atoms with van der Waals surface area (Å²) >= 11 is 0. The Kier molecular flexibility index (Phi) is 24.5. The molecule has 3 nitrogen and oxygen atoms in total. The number of rotatable bonds is 0. The van der Waals surface area contributed by atoms with Gasteiger partial charge < -0.3 is 26.5 Å². The molecule has 0 saturated carbocycles. The molecule has 0 bridgehead atoms. The van der Waals surface area contributed by atoms with Gasteiger partial charge in [0.1, 0.15) is 0 Å². The van der Waals surface area contributed by atoms with E-state index in [1.54, 1.807) is 0 Å². The van der Waals surface area contributed by atoms with Crippen LogP contribution in [0.25, 0.3) is 0 Å². The molecule has 0 aromatic rings. The van der Waals surface area contributed by atoms with Crippen molar-refractivity contribution in [1.29, 1.82) is 0 Å². The predicted octanol–water partition coefficient (Wildman–Crippen LogP) is -8.87. The fourth-order valence-electron chi connectivity index (χ4n) is 0. The van der Waals surface area contributed by atoms with Crippen LogP contribution < -0.4 is 51.6 Å². The van der Waals surface area contributed by atoms with Crippen LogP contribution in [0.15, 0.2) is 0 Å². The number of hydrogen-bond acceptors (Lipinski definition) is 3. The van der Waals surface area contributed by atoms with Crippen molar-refractivity contribution in [2.45, 2.75) is 0 Å². The van der Waals surface area contributed by atoms with Crippen molar-refractivity contribution >= 4 is 9.17 Å². The summed E-state index contributed by atoms with van der Waals surface area (Å²) < 4.78 is 8.52. The molecule has 0 unspecified atom stereocenters. The third-order valence-electron chi connectivity index (χ3n) is 0. The Balaban J connectivity index is -0.0000000450. The van der Waals surface area contributed by atoms with Gasteiger partial charge in [0.05, 0.1) is 0 Å². The van der Waals surface area contributed by atoms with Crippen LogP contribution in [0.4, 0.5) is 0 Å². The third-order valence-corrected chi connectivity index (χ3v) is 0. The van der Waals surface area contributed by atoms with Gasteiger partial charge in [-0.25, -0.2) is 0 Å². The summed E-state index contributed by atoms with van der Waals surface area (Å²) in [6.07, 6.45) is 0. The molecule has 0 N–H and O–H groups in total. The molecule has 0 spiro atoms. The predicted molar refractivity (Wildman–Crippen MR) is 6.44 cm³/mol. The van der Waals surface area contributed by atoms with E-state index in [1.165, 1.54) is 0 Å². The largest absolute Gasteiger partial charge is 1.00 e. The number of hydrogen-bond donors (Lipinski definition) is 0. The summed E-state index contributed by atoms with van der Waals surface area (Å²) in [6.45, 7) is 0. The smallest absolute Gasteiger partial charge is 1.00 e. The number of halogens is 1. The SMILES string of the molecule is O=[Si]([O-])[O-].[Cl-].[Na+]. The Morgan fingerprint density at radius 1 is 1.33 bits per heavy atom. The molecular weight excluding hydrogens is 135 g/mol. The Morgan fingerprint density at radius 2 is 1.33 bits per heavy atom. The topological polar surface area (TPSA) is 63.2 Å². The molecule has 6 heavy (non-hydrogen) atoms. The molecule has 0 aliphatic heterocycles. The Labute approximate surface area is 65.0 Å². The van der Waals surface area contributed by atoms with E-state index in [0.29, 0.717) is 0 Å². The van der Waals surface area contributed by atoms with E-state index in [-0.39, 0.29) is 42.0 Å². The zero-order valence-corrected chi connectivity index (χ0v) is 6.86.